The van der Waals surface area contributed by atoms with Gasteiger partial charge in [-0.15, -0.1) is 0 Å². The Hall–Kier alpha value is -2.37. The van der Waals surface area contributed by atoms with E-state index in [0.717, 1.165) is 46.3 Å². The molecule has 4 rings (SSSR count). The first-order chi connectivity index (χ1) is 13.1. The van der Waals surface area contributed by atoms with Crippen LogP contribution >= 0.6 is 11.6 Å². The lowest BCUT2D eigenvalue weighted by Crippen LogP contribution is -2.46. The maximum atomic E-state index is 6.30. The second-order valence-corrected chi connectivity index (χ2v) is 7.40. The fourth-order valence-electron chi connectivity index (χ4n) is 3.50. The van der Waals surface area contributed by atoms with Gasteiger partial charge in [0, 0.05) is 30.0 Å². The molecular formula is C21H23ClN4O. The summed E-state index contributed by atoms with van der Waals surface area (Å²) in [5.41, 5.74) is 1.97. The third-order valence-corrected chi connectivity index (χ3v) is 5.07. The van der Waals surface area contributed by atoms with Gasteiger partial charge in [-0.25, -0.2) is 4.98 Å². The highest BCUT2D eigenvalue weighted by atomic mass is 35.5. The number of hydrogen-bond acceptors (Lipinski definition) is 5. The molecule has 0 radical (unpaired) electrons. The van der Waals surface area contributed by atoms with Gasteiger partial charge in [-0.2, -0.15) is 4.98 Å². The third-order valence-electron chi connectivity index (χ3n) is 4.70. The van der Waals surface area contributed by atoms with Crippen molar-refractivity contribution in [1.82, 2.24) is 9.97 Å². The number of rotatable bonds is 4. The zero-order valence-corrected chi connectivity index (χ0v) is 16.3. The van der Waals surface area contributed by atoms with Crippen LogP contribution < -0.4 is 10.2 Å². The van der Waals surface area contributed by atoms with Crippen molar-refractivity contribution < 1.29 is 4.74 Å². The van der Waals surface area contributed by atoms with Gasteiger partial charge >= 0.3 is 0 Å². The van der Waals surface area contributed by atoms with Crippen LogP contribution in [-0.4, -0.2) is 35.3 Å². The summed E-state index contributed by atoms with van der Waals surface area (Å²) >= 11 is 6.30. The molecule has 0 saturated carbocycles. The topological polar surface area (TPSA) is 50.3 Å². The fourth-order valence-corrected chi connectivity index (χ4v) is 3.70. The first-order valence-corrected chi connectivity index (χ1v) is 9.62. The zero-order chi connectivity index (χ0) is 18.8. The Morgan fingerprint density at radius 1 is 1.04 bits per heavy atom. The fraction of sp³-hybridized carbons (Fsp3) is 0.333. The van der Waals surface area contributed by atoms with Crippen molar-refractivity contribution in [2.24, 2.45) is 0 Å². The van der Waals surface area contributed by atoms with Crippen LogP contribution in [0.2, 0.25) is 5.02 Å². The minimum Gasteiger partial charge on any atom is -0.372 e. The summed E-state index contributed by atoms with van der Waals surface area (Å²) < 4.78 is 5.85. The number of halogens is 1. The van der Waals surface area contributed by atoms with Crippen molar-refractivity contribution in [2.75, 3.05) is 23.3 Å². The molecule has 2 unspecified atom stereocenters. The number of anilines is 2. The lowest BCUT2D eigenvalue weighted by molar-refractivity contribution is -0.00569. The Balaban J connectivity index is 1.67. The van der Waals surface area contributed by atoms with E-state index in [1.807, 2.05) is 48.5 Å². The van der Waals surface area contributed by atoms with Crippen LogP contribution in [0.1, 0.15) is 19.4 Å². The quantitative estimate of drug-likeness (QED) is 0.719. The maximum Gasteiger partial charge on any atom is 0.228 e. The standard InChI is InChI=1S/C21H23ClN4O/c1-14-12-26(13-15(2)27-14)21-24-19-10-6-4-8-17(19)20(25-21)23-11-16-7-3-5-9-18(16)22/h3-10,14-15H,11-13H2,1-2H3,(H,23,24,25). The number of morpholine rings is 1. The predicted octanol–water partition coefficient (Wildman–Crippen LogP) is 4.51. The molecule has 1 aliphatic rings. The molecule has 27 heavy (non-hydrogen) atoms. The average Bonchev–Trinajstić information content (AvgIpc) is 2.66. The van der Waals surface area contributed by atoms with Gasteiger partial charge in [0.05, 0.1) is 17.7 Å². The van der Waals surface area contributed by atoms with Crippen molar-refractivity contribution in [3.05, 3.63) is 59.1 Å². The van der Waals surface area contributed by atoms with E-state index in [1.165, 1.54) is 0 Å². The number of fused-ring (bicyclic) bond motifs is 1. The molecule has 1 saturated heterocycles. The highest BCUT2D eigenvalue weighted by Gasteiger charge is 2.25. The molecule has 2 aromatic carbocycles. The van der Waals surface area contributed by atoms with E-state index in [0.29, 0.717) is 6.54 Å². The molecular weight excluding hydrogens is 360 g/mol. The molecule has 0 bridgehead atoms. The maximum absolute atomic E-state index is 6.30. The minimum absolute atomic E-state index is 0.156. The molecule has 0 amide bonds. The number of ether oxygens (including phenoxy) is 1. The average molecular weight is 383 g/mol. The number of para-hydroxylation sites is 1. The second-order valence-electron chi connectivity index (χ2n) is 7.00. The van der Waals surface area contributed by atoms with Crippen LogP contribution in [0, 0.1) is 0 Å². The third kappa shape index (κ3) is 3.99. The zero-order valence-electron chi connectivity index (χ0n) is 15.5. The van der Waals surface area contributed by atoms with E-state index in [1.54, 1.807) is 0 Å². The Kier molecular flexibility index (Phi) is 5.14. The normalized spacial score (nSPS) is 20.0. The Morgan fingerprint density at radius 2 is 1.74 bits per heavy atom. The van der Waals surface area contributed by atoms with Gasteiger partial charge in [0.15, 0.2) is 0 Å². The number of nitrogens with zero attached hydrogens (tertiary/aromatic N) is 3. The number of aromatic nitrogens is 2. The number of hydrogen-bond donors (Lipinski definition) is 1. The summed E-state index contributed by atoms with van der Waals surface area (Å²) in [5.74, 6) is 1.56. The van der Waals surface area contributed by atoms with Crippen LogP contribution in [0.3, 0.4) is 0 Å². The van der Waals surface area contributed by atoms with E-state index >= 15 is 0 Å². The second kappa shape index (κ2) is 7.71. The Bertz CT molecular complexity index is 938. The molecule has 6 heteroatoms. The van der Waals surface area contributed by atoms with Crippen LogP contribution in [-0.2, 0) is 11.3 Å². The van der Waals surface area contributed by atoms with Crippen molar-refractivity contribution in [3.63, 3.8) is 0 Å². The van der Waals surface area contributed by atoms with Crippen LogP contribution in [0.4, 0.5) is 11.8 Å². The lowest BCUT2D eigenvalue weighted by Gasteiger charge is -2.35. The van der Waals surface area contributed by atoms with Crippen LogP contribution in [0.15, 0.2) is 48.5 Å². The molecule has 1 fully saturated rings. The minimum atomic E-state index is 0.156. The molecule has 1 aliphatic heterocycles. The molecule has 1 N–H and O–H groups in total. The lowest BCUT2D eigenvalue weighted by atomic mass is 10.2. The van der Waals surface area contributed by atoms with E-state index in [4.69, 9.17) is 26.3 Å². The van der Waals surface area contributed by atoms with Gasteiger partial charge in [0.25, 0.3) is 0 Å². The van der Waals surface area contributed by atoms with Gasteiger partial charge in [-0.1, -0.05) is 41.9 Å². The summed E-state index contributed by atoms with van der Waals surface area (Å²) in [6.45, 7) is 6.34. The van der Waals surface area contributed by atoms with E-state index in [9.17, 15) is 0 Å². The van der Waals surface area contributed by atoms with Gasteiger partial charge in [-0.05, 0) is 37.6 Å². The molecule has 140 valence electrons. The van der Waals surface area contributed by atoms with E-state index in [-0.39, 0.29) is 12.2 Å². The Labute approximate surface area is 164 Å². The summed E-state index contributed by atoms with van der Waals surface area (Å²) in [5, 5.41) is 5.21. The smallest absolute Gasteiger partial charge is 0.228 e. The summed E-state index contributed by atoms with van der Waals surface area (Å²) in [4.78, 5) is 11.8. The SMILES string of the molecule is CC1CN(c2nc(NCc3ccccc3Cl)c3ccccc3n2)CC(C)O1. The van der Waals surface area contributed by atoms with Gasteiger partial charge in [0.2, 0.25) is 5.95 Å². The summed E-state index contributed by atoms with van der Waals surface area (Å²) in [6, 6.07) is 15.9. The first-order valence-electron chi connectivity index (χ1n) is 9.24. The molecule has 1 aromatic heterocycles. The number of nitrogens with one attached hydrogen (secondary N) is 1. The molecule has 0 aliphatic carbocycles. The molecule has 2 atom stereocenters. The van der Waals surface area contributed by atoms with Crippen molar-refractivity contribution in [1.29, 1.82) is 0 Å². The molecule has 5 nitrogen and oxygen atoms in total. The van der Waals surface area contributed by atoms with Gasteiger partial charge < -0.3 is 15.0 Å². The monoisotopic (exact) mass is 382 g/mol. The highest BCUT2D eigenvalue weighted by molar-refractivity contribution is 6.31. The van der Waals surface area contributed by atoms with Crippen molar-refractivity contribution in [3.8, 4) is 0 Å². The largest absolute Gasteiger partial charge is 0.372 e. The molecule has 2 heterocycles. The molecule has 3 aromatic rings. The first kappa shape index (κ1) is 18.0. The van der Waals surface area contributed by atoms with Gasteiger partial charge in [-0.3, -0.25) is 0 Å². The van der Waals surface area contributed by atoms with Crippen LogP contribution in [0.25, 0.3) is 10.9 Å². The summed E-state index contributed by atoms with van der Waals surface area (Å²) in [6.07, 6.45) is 0.312. The molecule has 0 spiro atoms. The van der Waals surface area contributed by atoms with E-state index < -0.39 is 0 Å². The Morgan fingerprint density at radius 3 is 2.52 bits per heavy atom. The highest BCUT2D eigenvalue weighted by Crippen LogP contribution is 2.26. The predicted molar refractivity (Wildman–Crippen MR) is 111 cm³/mol. The van der Waals surface area contributed by atoms with Crippen molar-refractivity contribution >= 4 is 34.3 Å². The number of benzene rings is 2. The van der Waals surface area contributed by atoms with E-state index in [2.05, 4.69) is 24.1 Å². The van der Waals surface area contributed by atoms with Crippen LogP contribution in [0.5, 0.6) is 0 Å². The summed E-state index contributed by atoms with van der Waals surface area (Å²) in [7, 11) is 0. The van der Waals surface area contributed by atoms with Gasteiger partial charge in [0.1, 0.15) is 5.82 Å². The van der Waals surface area contributed by atoms with Crippen molar-refractivity contribution in [2.45, 2.75) is 32.6 Å².